The molecule has 0 aromatic rings. The van der Waals surface area contributed by atoms with E-state index in [1.807, 2.05) is 0 Å². The molecule has 0 saturated heterocycles. The second kappa shape index (κ2) is 31.9. The van der Waals surface area contributed by atoms with Gasteiger partial charge in [-0.3, -0.25) is 0 Å². The van der Waals surface area contributed by atoms with Gasteiger partial charge in [-0.1, -0.05) is 0 Å². The molecule has 0 nitrogen and oxygen atoms in total. The van der Waals surface area contributed by atoms with Crippen LogP contribution in [0.4, 0.5) is 0 Å². The van der Waals surface area contributed by atoms with Gasteiger partial charge in [0.1, 0.15) is 0 Å². The Kier molecular flexibility index (Phi) is 228. The maximum Gasteiger partial charge on any atom is 2.00 e. The smallest absolute Gasteiger partial charge is 1.00 e. The summed E-state index contributed by atoms with van der Waals surface area (Å²) in [5, 5.41) is 0. The van der Waals surface area contributed by atoms with Crippen LogP contribution in [0.25, 0.3) is 0 Å². The van der Waals surface area contributed by atoms with Crippen LogP contribution in [0.15, 0.2) is 0 Å². The zero-order chi connectivity index (χ0) is 0. The summed E-state index contributed by atoms with van der Waals surface area (Å²) in [5.41, 5.74) is 0. The number of hydrogen-bond acceptors (Lipinski definition) is 0. The molecule has 1 atom stereocenters. The minimum Gasteiger partial charge on any atom is -1.00 e. The monoisotopic (exact) mass is 262 g/mol. The van der Waals surface area contributed by atoms with Crippen LogP contribution < -0.4 is 51.4 Å². The Hall–Kier alpha value is 5.24. The van der Waals surface area contributed by atoms with Crippen LogP contribution >= 0.6 is 9.90 Å². The van der Waals surface area contributed by atoms with Crippen molar-refractivity contribution in [3.05, 3.63) is 0 Å². The van der Waals surface area contributed by atoms with E-state index in [9.17, 15) is 0 Å². The van der Waals surface area contributed by atoms with E-state index in [2.05, 4.69) is 0 Å². The first-order valence-corrected chi connectivity index (χ1v) is 0. The van der Waals surface area contributed by atoms with Crippen molar-refractivity contribution in [1.82, 2.24) is 0 Å². The third-order valence-corrected chi connectivity index (χ3v) is 0. The number of rotatable bonds is 0. The molecular weight excluding hydrogens is 256 g/mol. The molecule has 0 aliphatic heterocycles. The second-order valence-corrected chi connectivity index (χ2v) is 0. The molecule has 0 bridgehead atoms. The van der Waals surface area contributed by atoms with E-state index < -0.39 is 0 Å². The van der Waals surface area contributed by atoms with Gasteiger partial charge < -0.3 is 7.13 Å². The minimum absolute atomic E-state index is 0. The first-order chi connectivity index (χ1) is 0. The van der Waals surface area contributed by atoms with Gasteiger partial charge in [0.15, 0.2) is 0 Å². The average molecular weight is 264 g/mol. The van der Waals surface area contributed by atoms with Gasteiger partial charge in [0.05, 0.1) is 0 Å². The largest absolute Gasteiger partial charge is 2.00 e. The third-order valence-electron chi connectivity index (χ3n) is 0. The molecule has 0 aromatic heterocycles. The summed E-state index contributed by atoms with van der Waals surface area (Å²) in [5.74, 6) is 0. The summed E-state index contributed by atoms with van der Waals surface area (Å²) >= 11 is 0. The van der Waals surface area contributed by atoms with Gasteiger partial charge in [-0.25, -0.2) is 0 Å². The predicted octanol–water partition coefficient (Wildman–Crippen LogP) is -3.14. The van der Waals surface area contributed by atoms with Crippen molar-refractivity contribution in [3.8, 4) is 0 Å². The second-order valence-electron chi connectivity index (χ2n) is 0. The van der Waals surface area contributed by atoms with Gasteiger partial charge in [0.2, 0.25) is 0 Å². The molecule has 0 radical (unpaired) electrons. The molecule has 0 fully saturated rings. The summed E-state index contributed by atoms with van der Waals surface area (Å²) in [6, 6.07) is 0. The Morgan fingerprint density at radius 3 is 1.17 bits per heavy atom. The Bertz CT molecular complexity index is 26.4. The maximum absolute atomic E-state index is 0. The van der Waals surface area contributed by atoms with Crippen LogP contribution in [0, 0.1) is 0 Å². The summed E-state index contributed by atoms with van der Waals surface area (Å²) in [7, 11) is 0. The summed E-state index contributed by atoms with van der Waals surface area (Å²) in [4.78, 5) is 0. The summed E-state index contributed by atoms with van der Waals surface area (Å²) < 4.78 is 0. The van der Waals surface area contributed by atoms with Crippen molar-refractivity contribution in [3.63, 3.8) is 0 Å². The standard InChI is InChI=1S/Ca.Fe.K.Mg.H3P.Zn.5H/h;;;;1H3;;;;;;/q+2;;+1;+2;;;5*-1. The Labute approximate surface area is 161 Å². The molecule has 0 spiro atoms. The molecule has 0 aromatic carbocycles. The normalized spacial score (nSPS) is 0. The van der Waals surface area contributed by atoms with Crippen LogP contribution in [0.3, 0.4) is 0 Å². The van der Waals surface area contributed by atoms with Gasteiger partial charge in [0.25, 0.3) is 0 Å². The molecule has 0 heterocycles. The molecule has 0 aliphatic rings. The average Bonchev–Trinajstić information content (AvgIpc) is 0. The predicted molar refractivity (Wildman–Crippen MR) is 28.2 cm³/mol. The zero-order valence-corrected chi connectivity index (χ0v) is 16.4. The topological polar surface area (TPSA) is 0 Å². The van der Waals surface area contributed by atoms with E-state index in [-0.39, 0.29) is 166 Å². The van der Waals surface area contributed by atoms with Crippen molar-refractivity contribution >= 4 is 70.7 Å². The van der Waals surface area contributed by atoms with E-state index in [1.54, 1.807) is 0 Å². The molecular formula is H8CaFeKMgPZn. The summed E-state index contributed by atoms with van der Waals surface area (Å²) in [6.07, 6.45) is 0. The van der Waals surface area contributed by atoms with Crippen LogP contribution in [0.5, 0.6) is 0 Å². The molecule has 0 saturated carbocycles. The van der Waals surface area contributed by atoms with E-state index in [1.165, 1.54) is 0 Å². The fraction of sp³-hybridized carbons (Fsp3) is 0. The molecule has 6 heteroatoms. The Morgan fingerprint density at radius 1 is 1.17 bits per heavy atom. The van der Waals surface area contributed by atoms with Crippen molar-refractivity contribution in [2.75, 3.05) is 0 Å². The van der Waals surface area contributed by atoms with Crippen molar-refractivity contribution in [2.24, 2.45) is 0 Å². The van der Waals surface area contributed by atoms with Crippen LogP contribution in [-0.4, -0.2) is 60.8 Å². The van der Waals surface area contributed by atoms with Gasteiger partial charge in [0, 0.05) is 36.5 Å². The molecule has 28 valence electrons. The van der Waals surface area contributed by atoms with E-state index in [0.717, 1.165) is 0 Å². The minimum atomic E-state index is 0. The first kappa shape index (κ1) is 42.9. The van der Waals surface area contributed by atoms with Crippen LogP contribution in [0.1, 0.15) is 7.13 Å². The van der Waals surface area contributed by atoms with Crippen molar-refractivity contribution in [2.45, 2.75) is 0 Å². The van der Waals surface area contributed by atoms with Gasteiger partial charge in [-0.2, -0.15) is 9.90 Å². The summed E-state index contributed by atoms with van der Waals surface area (Å²) in [6.45, 7) is 0. The van der Waals surface area contributed by atoms with Crippen molar-refractivity contribution in [1.29, 1.82) is 0 Å². The maximum atomic E-state index is 0. The fourth-order valence-electron chi connectivity index (χ4n) is 0. The molecule has 0 rings (SSSR count). The Balaban J connectivity index is 0. The molecule has 0 aliphatic carbocycles. The van der Waals surface area contributed by atoms with Crippen molar-refractivity contribution < 1.29 is 95.1 Å². The Morgan fingerprint density at radius 2 is 1.17 bits per heavy atom. The fourth-order valence-corrected chi connectivity index (χ4v) is 0. The van der Waals surface area contributed by atoms with E-state index in [0.29, 0.717) is 0 Å². The van der Waals surface area contributed by atoms with Crippen LogP contribution in [0.2, 0.25) is 0 Å². The van der Waals surface area contributed by atoms with Gasteiger partial charge >= 0.3 is 112 Å². The molecule has 6 heavy (non-hydrogen) atoms. The van der Waals surface area contributed by atoms with Gasteiger partial charge in [-0.05, 0) is 0 Å². The molecule has 0 amide bonds. The third kappa shape index (κ3) is 22.9. The SMILES string of the molecule is P.[Ca+2].[Fe].[H-].[H-].[H-].[H-].[H-].[K+].[Mg+2].[Zn]. The molecule has 1 unspecified atom stereocenters. The zero-order valence-electron chi connectivity index (χ0n) is 9.18. The molecule has 0 N–H and O–H groups in total. The van der Waals surface area contributed by atoms with E-state index >= 15 is 0 Å². The quantitative estimate of drug-likeness (QED) is 0.320. The van der Waals surface area contributed by atoms with Gasteiger partial charge in [-0.15, -0.1) is 0 Å². The van der Waals surface area contributed by atoms with Crippen LogP contribution in [-0.2, 0) is 36.5 Å². The van der Waals surface area contributed by atoms with E-state index in [4.69, 9.17) is 0 Å². The number of hydrogen-bond donors (Lipinski definition) is 0. The first-order valence-electron chi connectivity index (χ1n) is 0.